The number of carbonyl (C=O) groups excluding carboxylic acids is 1. The molecular weight excluding hydrogens is 265 g/mol. The minimum atomic E-state index is -0.374. The number of nitrogens with one attached hydrogen (secondary N) is 1. The standard InChI is InChI=1S/C18H14FNO/c1-12-6-7-15(11-17(12)19)18(21)20-16-9-8-13-4-2-3-5-14(13)10-16/h2-11H,1H3,(H,20,21). The zero-order valence-corrected chi connectivity index (χ0v) is 11.6. The van der Waals surface area contributed by atoms with Crippen molar-refractivity contribution in [1.82, 2.24) is 0 Å². The van der Waals surface area contributed by atoms with E-state index in [1.165, 1.54) is 6.07 Å². The van der Waals surface area contributed by atoms with Gasteiger partial charge in [0.15, 0.2) is 0 Å². The zero-order chi connectivity index (χ0) is 14.8. The van der Waals surface area contributed by atoms with Crippen LogP contribution in [0.5, 0.6) is 0 Å². The molecule has 3 aromatic carbocycles. The van der Waals surface area contributed by atoms with Crippen LogP contribution in [0.4, 0.5) is 10.1 Å². The van der Waals surface area contributed by atoms with E-state index in [0.29, 0.717) is 16.8 Å². The fraction of sp³-hybridized carbons (Fsp3) is 0.0556. The minimum Gasteiger partial charge on any atom is -0.322 e. The Hall–Kier alpha value is -2.68. The number of hydrogen-bond acceptors (Lipinski definition) is 1. The SMILES string of the molecule is Cc1ccc(C(=O)Nc2ccc3ccccc3c2)cc1F. The van der Waals surface area contributed by atoms with Gasteiger partial charge < -0.3 is 5.32 Å². The molecule has 0 aliphatic carbocycles. The molecule has 0 aliphatic rings. The second-order valence-corrected chi connectivity index (χ2v) is 4.98. The van der Waals surface area contributed by atoms with Crippen molar-refractivity contribution in [3.63, 3.8) is 0 Å². The molecule has 0 heterocycles. The molecule has 104 valence electrons. The van der Waals surface area contributed by atoms with Gasteiger partial charge in [-0.2, -0.15) is 0 Å². The number of halogens is 1. The Labute approximate surface area is 122 Å². The number of benzene rings is 3. The number of carbonyl (C=O) groups is 1. The zero-order valence-electron chi connectivity index (χ0n) is 11.6. The highest BCUT2D eigenvalue weighted by Gasteiger charge is 2.08. The average Bonchev–Trinajstić information content (AvgIpc) is 2.50. The molecule has 0 spiro atoms. The first-order chi connectivity index (χ1) is 10.1. The van der Waals surface area contributed by atoms with Gasteiger partial charge in [-0.1, -0.05) is 36.4 Å². The quantitative estimate of drug-likeness (QED) is 0.733. The molecule has 3 heteroatoms. The Morgan fingerprint density at radius 1 is 0.952 bits per heavy atom. The fourth-order valence-electron chi connectivity index (χ4n) is 2.20. The first kappa shape index (κ1) is 13.3. The van der Waals surface area contributed by atoms with Crippen molar-refractivity contribution in [2.24, 2.45) is 0 Å². The van der Waals surface area contributed by atoms with Crippen LogP contribution >= 0.6 is 0 Å². The highest BCUT2D eigenvalue weighted by molar-refractivity contribution is 6.05. The molecule has 1 N–H and O–H groups in total. The highest BCUT2D eigenvalue weighted by Crippen LogP contribution is 2.19. The van der Waals surface area contributed by atoms with Crippen LogP contribution in [-0.4, -0.2) is 5.91 Å². The second-order valence-electron chi connectivity index (χ2n) is 4.98. The van der Waals surface area contributed by atoms with Crippen molar-refractivity contribution in [2.75, 3.05) is 5.32 Å². The third-order valence-electron chi connectivity index (χ3n) is 3.44. The summed E-state index contributed by atoms with van der Waals surface area (Å²) in [5, 5.41) is 4.95. The molecular formula is C18H14FNO. The molecule has 0 saturated heterocycles. The third-order valence-corrected chi connectivity index (χ3v) is 3.44. The van der Waals surface area contributed by atoms with Crippen LogP contribution in [0.25, 0.3) is 10.8 Å². The Balaban J connectivity index is 1.87. The summed E-state index contributed by atoms with van der Waals surface area (Å²) >= 11 is 0. The topological polar surface area (TPSA) is 29.1 Å². The summed E-state index contributed by atoms with van der Waals surface area (Å²) in [7, 11) is 0. The lowest BCUT2D eigenvalue weighted by Gasteiger charge is -2.07. The molecule has 1 amide bonds. The van der Waals surface area contributed by atoms with Crippen LogP contribution in [0.2, 0.25) is 0 Å². The van der Waals surface area contributed by atoms with E-state index in [4.69, 9.17) is 0 Å². The van der Waals surface area contributed by atoms with Gasteiger partial charge in [0.1, 0.15) is 5.82 Å². The number of hydrogen-bond donors (Lipinski definition) is 1. The number of amides is 1. The smallest absolute Gasteiger partial charge is 0.255 e. The Morgan fingerprint density at radius 3 is 2.48 bits per heavy atom. The van der Waals surface area contributed by atoms with Crippen molar-refractivity contribution in [3.8, 4) is 0 Å². The first-order valence-electron chi connectivity index (χ1n) is 6.70. The van der Waals surface area contributed by atoms with E-state index in [1.807, 2.05) is 42.5 Å². The van der Waals surface area contributed by atoms with Gasteiger partial charge in [0.05, 0.1) is 0 Å². The first-order valence-corrected chi connectivity index (χ1v) is 6.70. The van der Waals surface area contributed by atoms with Crippen molar-refractivity contribution >= 4 is 22.4 Å². The van der Waals surface area contributed by atoms with Gasteiger partial charge in [0.25, 0.3) is 5.91 Å². The normalized spacial score (nSPS) is 10.6. The number of aryl methyl sites for hydroxylation is 1. The molecule has 0 fully saturated rings. The summed E-state index contributed by atoms with van der Waals surface area (Å²) in [6, 6.07) is 18.1. The van der Waals surface area contributed by atoms with Gasteiger partial charge in [-0.3, -0.25) is 4.79 Å². The predicted octanol–water partition coefficient (Wildman–Crippen LogP) is 4.54. The molecule has 3 rings (SSSR count). The lowest BCUT2D eigenvalue weighted by Crippen LogP contribution is -2.12. The van der Waals surface area contributed by atoms with Crippen LogP contribution in [0, 0.1) is 12.7 Å². The summed E-state index contributed by atoms with van der Waals surface area (Å²) in [5.74, 6) is -0.689. The molecule has 0 radical (unpaired) electrons. The molecule has 3 aromatic rings. The van der Waals surface area contributed by atoms with Crippen molar-refractivity contribution in [3.05, 3.63) is 77.6 Å². The van der Waals surface area contributed by atoms with Gasteiger partial charge in [-0.15, -0.1) is 0 Å². The predicted molar refractivity (Wildman–Crippen MR) is 83.0 cm³/mol. The molecule has 0 atom stereocenters. The summed E-state index contributed by atoms with van der Waals surface area (Å²) in [6.45, 7) is 1.67. The van der Waals surface area contributed by atoms with E-state index in [-0.39, 0.29) is 11.7 Å². The van der Waals surface area contributed by atoms with Gasteiger partial charge >= 0.3 is 0 Å². The van der Waals surface area contributed by atoms with E-state index in [2.05, 4.69) is 5.32 Å². The Kier molecular flexibility index (Phi) is 3.40. The number of fused-ring (bicyclic) bond motifs is 1. The summed E-state index contributed by atoms with van der Waals surface area (Å²) in [4.78, 5) is 12.1. The minimum absolute atomic E-state index is 0.311. The maximum Gasteiger partial charge on any atom is 0.255 e. The molecule has 2 nitrogen and oxygen atoms in total. The van der Waals surface area contributed by atoms with E-state index >= 15 is 0 Å². The molecule has 0 unspecified atom stereocenters. The van der Waals surface area contributed by atoms with Gasteiger partial charge in [-0.25, -0.2) is 4.39 Å². The lowest BCUT2D eigenvalue weighted by atomic mass is 10.1. The van der Waals surface area contributed by atoms with Crippen LogP contribution in [0.1, 0.15) is 15.9 Å². The van der Waals surface area contributed by atoms with Gasteiger partial charge in [0.2, 0.25) is 0 Å². The Morgan fingerprint density at radius 2 is 1.71 bits per heavy atom. The van der Waals surface area contributed by atoms with Gasteiger partial charge in [0, 0.05) is 11.3 Å². The van der Waals surface area contributed by atoms with Gasteiger partial charge in [-0.05, 0) is 47.5 Å². The van der Waals surface area contributed by atoms with E-state index < -0.39 is 0 Å². The van der Waals surface area contributed by atoms with Crippen molar-refractivity contribution in [1.29, 1.82) is 0 Å². The number of rotatable bonds is 2. The highest BCUT2D eigenvalue weighted by atomic mass is 19.1. The van der Waals surface area contributed by atoms with E-state index in [0.717, 1.165) is 10.8 Å². The third kappa shape index (κ3) is 2.77. The second kappa shape index (κ2) is 5.37. The molecule has 0 aromatic heterocycles. The van der Waals surface area contributed by atoms with Crippen LogP contribution in [-0.2, 0) is 0 Å². The van der Waals surface area contributed by atoms with Crippen molar-refractivity contribution < 1.29 is 9.18 Å². The maximum absolute atomic E-state index is 13.5. The molecule has 0 aliphatic heterocycles. The fourth-order valence-corrected chi connectivity index (χ4v) is 2.20. The summed E-state index contributed by atoms with van der Waals surface area (Å²) < 4.78 is 13.5. The van der Waals surface area contributed by atoms with Crippen molar-refractivity contribution in [2.45, 2.75) is 6.92 Å². The maximum atomic E-state index is 13.5. The van der Waals surface area contributed by atoms with Crippen LogP contribution in [0.3, 0.4) is 0 Å². The van der Waals surface area contributed by atoms with Crippen LogP contribution < -0.4 is 5.32 Å². The number of anilines is 1. The molecule has 0 bridgehead atoms. The lowest BCUT2D eigenvalue weighted by molar-refractivity contribution is 0.102. The molecule has 21 heavy (non-hydrogen) atoms. The van der Waals surface area contributed by atoms with Crippen LogP contribution in [0.15, 0.2) is 60.7 Å². The Bertz CT molecular complexity index is 826. The monoisotopic (exact) mass is 279 g/mol. The summed E-state index contributed by atoms with van der Waals surface area (Å²) in [6.07, 6.45) is 0. The van der Waals surface area contributed by atoms with E-state index in [9.17, 15) is 9.18 Å². The average molecular weight is 279 g/mol. The van der Waals surface area contributed by atoms with E-state index in [1.54, 1.807) is 19.1 Å². The summed E-state index contributed by atoms with van der Waals surface area (Å²) in [5.41, 5.74) is 1.53. The molecule has 0 saturated carbocycles. The largest absolute Gasteiger partial charge is 0.322 e.